The molecule has 0 saturated heterocycles. The summed E-state index contributed by atoms with van der Waals surface area (Å²) in [5.41, 5.74) is 3.74. The molecule has 0 atom stereocenters. The van der Waals surface area contributed by atoms with Crippen molar-refractivity contribution in [2.45, 2.75) is 0 Å². The maximum atomic E-state index is 13.1. The van der Waals surface area contributed by atoms with Gasteiger partial charge < -0.3 is 0 Å². The highest BCUT2D eigenvalue weighted by atomic mass is 79.9. The van der Waals surface area contributed by atoms with Crippen molar-refractivity contribution in [3.8, 4) is 11.1 Å². The maximum absolute atomic E-state index is 13.1. The number of hydrogen-bond donors (Lipinski definition) is 0. The summed E-state index contributed by atoms with van der Waals surface area (Å²) in [5.74, 6) is 0.123. The van der Waals surface area contributed by atoms with Crippen LogP contribution in [0.15, 0.2) is 71.2 Å². The molecule has 108 valence electrons. The lowest BCUT2D eigenvalue weighted by Gasteiger charge is -2.11. The Morgan fingerprint density at radius 3 is 1.83 bits per heavy atom. The van der Waals surface area contributed by atoms with Gasteiger partial charge in [0.2, 0.25) is 0 Å². The molecule has 0 heterocycles. The van der Waals surface area contributed by atoms with Crippen LogP contribution in [-0.2, 0) is 0 Å². The summed E-state index contributed by atoms with van der Waals surface area (Å²) in [7, 11) is 0. The Hall–Kier alpha value is -2.45. The molecule has 23 heavy (non-hydrogen) atoms. The molecule has 0 aromatic heterocycles. The third kappa shape index (κ3) is 1.64. The van der Waals surface area contributed by atoms with Gasteiger partial charge in [-0.05, 0) is 39.2 Å². The van der Waals surface area contributed by atoms with E-state index >= 15 is 0 Å². The highest BCUT2D eigenvalue weighted by Gasteiger charge is 2.30. The molecule has 4 aromatic carbocycles. The fraction of sp³-hybridized carbons (Fsp3) is 0. The number of fused-ring (bicyclic) bond motifs is 8. The van der Waals surface area contributed by atoms with E-state index in [1.54, 1.807) is 0 Å². The second-order valence-corrected chi connectivity index (χ2v) is 6.78. The van der Waals surface area contributed by atoms with Crippen molar-refractivity contribution in [2.24, 2.45) is 0 Å². The lowest BCUT2D eigenvalue weighted by Crippen LogP contribution is -1.97. The topological polar surface area (TPSA) is 17.1 Å². The molecule has 0 amide bonds. The van der Waals surface area contributed by atoms with E-state index in [4.69, 9.17) is 0 Å². The molecule has 0 saturated carbocycles. The first-order chi connectivity index (χ1) is 11.3. The SMILES string of the molecule is O=C1c2cc(Br)ccc2-c2c1c1ccccc1c1ccccc21. The minimum absolute atomic E-state index is 0.123. The number of hydrogen-bond acceptors (Lipinski definition) is 1. The average Bonchev–Trinajstić information content (AvgIpc) is 2.88. The zero-order chi connectivity index (χ0) is 15.6. The van der Waals surface area contributed by atoms with E-state index < -0.39 is 0 Å². The fourth-order valence-electron chi connectivity index (χ4n) is 3.71. The summed E-state index contributed by atoms with van der Waals surface area (Å²) in [4.78, 5) is 13.1. The first-order valence-electron chi connectivity index (χ1n) is 7.54. The smallest absolute Gasteiger partial charge is 0.194 e. The molecule has 0 fully saturated rings. The summed E-state index contributed by atoms with van der Waals surface area (Å²) < 4.78 is 0.936. The van der Waals surface area contributed by atoms with Gasteiger partial charge in [-0.15, -0.1) is 0 Å². The number of benzene rings is 4. The fourth-order valence-corrected chi connectivity index (χ4v) is 4.07. The molecule has 0 unspecified atom stereocenters. The van der Waals surface area contributed by atoms with Crippen LogP contribution >= 0.6 is 15.9 Å². The van der Waals surface area contributed by atoms with Crippen molar-refractivity contribution in [2.75, 3.05) is 0 Å². The summed E-state index contributed by atoms with van der Waals surface area (Å²) in [5, 5.41) is 4.53. The molecule has 0 radical (unpaired) electrons. The van der Waals surface area contributed by atoms with Crippen molar-refractivity contribution < 1.29 is 4.79 Å². The van der Waals surface area contributed by atoms with E-state index in [2.05, 4.69) is 46.3 Å². The molecule has 4 aromatic rings. The third-order valence-corrected chi connectivity index (χ3v) is 5.15. The molecule has 5 rings (SSSR count). The van der Waals surface area contributed by atoms with Gasteiger partial charge in [0, 0.05) is 21.2 Å². The molecule has 0 bridgehead atoms. The zero-order valence-electron chi connectivity index (χ0n) is 12.1. The lowest BCUT2D eigenvalue weighted by atomic mass is 9.91. The Labute approximate surface area is 141 Å². The summed E-state index contributed by atoms with van der Waals surface area (Å²) in [6.07, 6.45) is 0. The third-order valence-electron chi connectivity index (χ3n) is 4.66. The standard InChI is InChI=1S/C21H11BrO/c22-12-9-10-17-18(11-12)21(23)20-16-8-4-2-6-14(16)13-5-1-3-7-15(13)19(17)20/h1-11H. The Morgan fingerprint density at radius 2 is 1.17 bits per heavy atom. The first kappa shape index (κ1) is 13.0. The van der Waals surface area contributed by atoms with E-state index in [0.717, 1.165) is 42.9 Å². The van der Waals surface area contributed by atoms with E-state index in [-0.39, 0.29) is 5.78 Å². The quantitative estimate of drug-likeness (QED) is 0.312. The van der Waals surface area contributed by atoms with Crippen molar-refractivity contribution >= 4 is 43.3 Å². The number of carbonyl (C=O) groups excluding carboxylic acids is 1. The van der Waals surface area contributed by atoms with Crippen LogP contribution in [0, 0.1) is 0 Å². The van der Waals surface area contributed by atoms with Crippen molar-refractivity contribution in [3.63, 3.8) is 0 Å². The number of ketones is 1. The largest absolute Gasteiger partial charge is 0.289 e. The molecule has 1 aliphatic carbocycles. The molecule has 2 heteroatoms. The van der Waals surface area contributed by atoms with Crippen LogP contribution in [-0.4, -0.2) is 5.78 Å². The van der Waals surface area contributed by atoms with Crippen molar-refractivity contribution in [3.05, 3.63) is 82.3 Å². The first-order valence-corrected chi connectivity index (χ1v) is 8.33. The molecule has 1 aliphatic rings. The van der Waals surface area contributed by atoms with Crippen LogP contribution in [0.5, 0.6) is 0 Å². The number of halogens is 1. The number of carbonyl (C=O) groups is 1. The Morgan fingerprint density at radius 1 is 0.609 bits per heavy atom. The highest BCUT2D eigenvalue weighted by Crippen LogP contribution is 2.46. The van der Waals surface area contributed by atoms with E-state index in [1.807, 2.05) is 36.4 Å². The van der Waals surface area contributed by atoms with E-state index in [1.165, 1.54) is 5.39 Å². The molecule has 0 aliphatic heterocycles. The summed E-state index contributed by atoms with van der Waals surface area (Å²) in [6, 6.07) is 22.5. The predicted molar refractivity (Wildman–Crippen MR) is 98.0 cm³/mol. The van der Waals surface area contributed by atoms with Gasteiger partial charge in [-0.25, -0.2) is 0 Å². The molecule has 0 spiro atoms. The summed E-state index contributed by atoms with van der Waals surface area (Å²) >= 11 is 3.48. The second kappa shape index (κ2) is 4.53. The van der Waals surface area contributed by atoms with Crippen LogP contribution in [0.4, 0.5) is 0 Å². The Balaban J connectivity index is 2.09. The van der Waals surface area contributed by atoms with Gasteiger partial charge in [-0.1, -0.05) is 70.5 Å². The Kier molecular flexibility index (Phi) is 2.56. The Bertz CT molecular complexity index is 1140. The maximum Gasteiger partial charge on any atom is 0.194 e. The molecule has 1 nitrogen and oxygen atoms in total. The zero-order valence-corrected chi connectivity index (χ0v) is 13.7. The van der Waals surface area contributed by atoms with Crippen LogP contribution < -0.4 is 0 Å². The van der Waals surface area contributed by atoms with Gasteiger partial charge in [0.25, 0.3) is 0 Å². The highest BCUT2D eigenvalue weighted by molar-refractivity contribution is 9.10. The molecular weight excluding hydrogens is 348 g/mol. The van der Waals surface area contributed by atoms with Gasteiger partial charge in [-0.3, -0.25) is 4.79 Å². The van der Waals surface area contributed by atoms with E-state index in [0.29, 0.717) is 0 Å². The second-order valence-electron chi connectivity index (χ2n) is 5.86. The van der Waals surface area contributed by atoms with Gasteiger partial charge in [-0.2, -0.15) is 0 Å². The van der Waals surface area contributed by atoms with Crippen molar-refractivity contribution in [1.29, 1.82) is 0 Å². The van der Waals surface area contributed by atoms with Gasteiger partial charge >= 0.3 is 0 Å². The minimum Gasteiger partial charge on any atom is -0.289 e. The van der Waals surface area contributed by atoms with Gasteiger partial charge in [0.1, 0.15) is 0 Å². The van der Waals surface area contributed by atoms with Crippen LogP contribution in [0.2, 0.25) is 0 Å². The number of rotatable bonds is 0. The normalized spacial score (nSPS) is 12.7. The van der Waals surface area contributed by atoms with Crippen LogP contribution in [0.3, 0.4) is 0 Å². The van der Waals surface area contributed by atoms with Crippen LogP contribution in [0.1, 0.15) is 15.9 Å². The predicted octanol–water partition coefficient (Wildman–Crippen LogP) is 5.97. The molecular formula is C21H11BrO. The minimum atomic E-state index is 0.123. The lowest BCUT2D eigenvalue weighted by molar-refractivity contribution is 0.104. The van der Waals surface area contributed by atoms with E-state index in [9.17, 15) is 4.79 Å². The van der Waals surface area contributed by atoms with Gasteiger partial charge in [0.05, 0.1) is 0 Å². The van der Waals surface area contributed by atoms with Crippen LogP contribution in [0.25, 0.3) is 32.7 Å². The monoisotopic (exact) mass is 358 g/mol. The van der Waals surface area contributed by atoms with Crippen molar-refractivity contribution in [1.82, 2.24) is 0 Å². The average molecular weight is 359 g/mol. The molecule has 0 N–H and O–H groups in total. The summed E-state index contributed by atoms with van der Waals surface area (Å²) in [6.45, 7) is 0. The van der Waals surface area contributed by atoms with Gasteiger partial charge in [0.15, 0.2) is 5.78 Å².